The van der Waals surface area contributed by atoms with Crippen LogP contribution >= 0.6 is 0 Å². The molecule has 2 aromatic carbocycles. The summed E-state index contributed by atoms with van der Waals surface area (Å²) in [6.07, 6.45) is -10.8. The van der Waals surface area contributed by atoms with E-state index in [9.17, 15) is 42.1 Å². The van der Waals surface area contributed by atoms with E-state index in [4.69, 9.17) is 15.8 Å². The Labute approximate surface area is 186 Å². The number of rotatable bonds is 1. The molecule has 2 aromatic rings. The summed E-state index contributed by atoms with van der Waals surface area (Å²) in [6, 6.07) is 10.6. The second kappa shape index (κ2) is 9.05. The highest BCUT2D eigenvalue weighted by Crippen LogP contribution is 2.40. The van der Waals surface area contributed by atoms with Gasteiger partial charge in [-0.15, -0.1) is 0 Å². The van der Waals surface area contributed by atoms with Gasteiger partial charge in [0.2, 0.25) is 0 Å². The van der Waals surface area contributed by atoms with Gasteiger partial charge in [-0.1, -0.05) is 12.1 Å². The molecular formula is C22H4F6N6. The van der Waals surface area contributed by atoms with Crippen molar-refractivity contribution in [3.05, 3.63) is 68.1 Å². The molecule has 0 aliphatic rings. The quantitative estimate of drug-likeness (QED) is 0.591. The Kier molecular flexibility index (Phi) is 6.65. The smallest absolute Gasteiger partial charge is 0.192 e. The number of benzene rings is 2. The van der Waals surface area contributed by atoms with E-state index in [-0.39, 0.29) is 17.4 Å². The number of hydrogen-bond donors (Lipinski definition) is 0. The van der Waals surface area contributed by atoms with Gasteiger partial charge >= 0.3 is 12.4 Å². The summed E-state index contributed by atoms with van der Waals surface area (Å²) in [7, 11) is 0. The van der Waals surface area contributed by atoms with Crippen molar-refractivity contribution in [1.29, 1.82) is 31.6 Å². The number of nitrogens with zero attached hydrogens (tertiary/aromatic N) is 6. The topological polar surface area (TPSA) is 143 Å². The molecule has 0 radical (unpaired) electrons. The minimum absolute atomic E-state index is 0.162. The normalized spacial score (nSPS) is 11.5. The Bertz CT molecular complexity index is 1540. The van der Waals surface area contributed by atoms with E-state index < -0.39 is 62.1 Å². The van der Waals surface area contributed by atoms with E-state index in [2.05, 4.69) is 0 Å². The lowest BCUT2D eigenvalue weighted by molar-refractivity contribution is -0.143. The number of hydrogen-bond acceptors (Lipinski definition) is 6. The minimum atomic E-state index is -5.40. The summed E-state index contributed by atoms with van der Waals surface area (Å²) >= 11 is 0. The molecule has 0 unspecified atom stereocenters. The Hall–Kier alpha value is -5.30. The second-order valence-electron chi connectivity index (χ2n) is 6.27. The number of nitriles is 6. The third-order valence-corrected chi connectivity index (χ3v) is 4.45. The van der Waals surface area contributed by atoms with E-state index in [0.717, 1.165) is 18.2 Å². The minimum Gasteiger partial charge on any atom is -0.192 e. The molecule has 12 heteroatoms. The van der Waals surface area contributed by atoms with Gasteiger partial charge in [-0.05, 0) is 17.7 Å². The number of alkyl halides is 6. The summed E-state index contributed by atoms with van der Waals surface area (Å²) in [5.41, 5.74) is -9.17. The molecule has 6 nitrogen and oxygen atoms in total. The summed E-state index contributed by atoms with van der Waals surface area (Å²) in [6.45, 7) is 0. The van der Waals surface area contributed by atoms with Crippen molar-refractivity contribution in [3.8, 4) is 36.4 Å². The lowest BCUT2D eigenvalue weighted by atomic mass is 9.91. The average Bonchev–Trinajstić information content (AvgIpc) is 2.78. The van der Waals surface area contributed by atoms with Gasteiger partial charge in [-0.25, -0.2) is 0 Å². The fraction of sp³-hybridized carbons (Fsp3) is 0.0909. The summed E-state index contributed by atoms with van der Waals surface area (Å²) in [5, 5.41) is 54.7. The molecule has 0 spiro atoms. The van der Waals surface area contributed by atoms with E-state index in [0.29, 0.717) is 0 Å². The zero-order valence-electron chi connectivity index (χ0n) is 16.3. The first-order chi connectivity index (χ1) is 15.9. The number of halogens is 6. The van der Waals surface area contributed by atoms with Gasteiger partial charge in [-0.3, -0.25) is 0 Å². The second-order valence-corrected chi connectivity index (χ2v) is 6.27. The summed E-state index contributed by atoms with van der Waals surface area (Å²) in [5.74, 6) is 0. The lowest BCUT2D eigenvalue weighted by Crippen LogP contribution is -2.23. The van der Waals surface area contributed by atoms with Crippen molar-refractivity contribution >= 4 is 11.1 Å². The first-order valence-corrected chi connectivity index (χ1v) is 8.54. The molecule has 0 amide bonds. The fourth-order valence-electron chi connectivity index (χ4n) is 3.03. The predicted octanol–water partition coefficient (Wildman–Crippen LogP) is 3.26. The standard InChI is InChI=1S/C22H4F6N6/c23-21(24,25)19-3-11(4-20(18(19)10-34)22(26,27)28)15(7-31)14-2-1-13(12(5-29)6-30)16(8-32)17(14)9-33/h1-4H/b15-14-. The molecule has 0 bridgehead atoms. The van der Waals surface area contributed by atoms with Crippen molar-refractivity contribution in [2.45, 2.75) is 12.4 Å². The highest BCUT2D eigenvalue weighted by molar-refractivity contribution is 5.81. The van der Waals surface area contributed by atoms with Crippen LogP contribution in [-0.2, 0) is 12.4 Å². The van der Waals surface area contributed by atoms with E-state index in [1.807, 2.05) is 0 Å². The van der Waals surface area contributed by atoms with Crippen LogP contribution in [0.4, 0.5) is 26.3 Å². The van der Waals surface area contributed by atoms with Crippen LogP contribution in [0.15, 0.2) is 24.3 Å². The summed E-state index contributed by atoms with van der Waals surface area (Å²) < 4.78 is 80.8. The molecule has 2 rings (SSSR count). The maximum Gasteiger partial charge on any atom is 0.417 e. The zero-order chi connectivity index (χ0) is 25.8. The van der Waals surface area contributed by atoms with Gasteiger partial charge in [0.05, 0.1) is 33.4 Å². The molecule has 0 aliphatic heterocycles. The monoisotopic (exact) mass is 466 g/mol. The molecule has 0 N–H and O–H groups in total. The van der Waals surface area contributed by atoms with Crippen molar-refractivity contribution in [2.75, 3.05) is 0 Å². The molecule has 0 atom stereocenters. The lowest BCUT2D eigenvalue weighted by Gasteiger charge is -2.16. The molecule has 0 aliphatic carbocycles. The molecule has 0 heterocycles. The predicted molar refractivity (Wildman–Crippen MR) is 99.0 cm³/mol. The van der Waals surface area contributed by atoms with Crippen LogP contribution < -0.4 is 10.4 Å². The van der Waals surface area contributed by atoms with Crippen molar-refractivity contribution in [1.82, 2.24) is 0 Å². The molecule has 0 aromatic heterocycles. The largest absolute Gasteiger partial charge is 0.417 e. The maximum absolute atomic E-state index is 13.5. The van der Waals surface area contributed by atoms with Crippen molar-refractivity contribution in [2.24, 2.45) is 0 Å². The van der Waals surface area contributed by atoms with Crippen molar-refractivity contribution in [3.63, 3.8) is 0 Å². The highest BCUT2D eigenvalue weighted by atomic mass is 19.4. The SMILES string of the molecule is N#CC(C#N)=c1cc/c(=C(\C#N)c2cc(C(F)(F)F)c(C#N)c(C(F)(F)F)c2)c(C#N)c1C#N. The Morgan fingerprint density at radius 3 is 1.35 bits per heavy atom. The van der Waals surface area contributed by atoms with Crippen LogP contribution in [0, 0.1) is 68.0 Å². The van der Waals surface area contributed by atoms with Crippen LogP contribution in [0.3, 0.4) is 0 Å². The maximum atomic E-state index is 13.5. The van der Waals surface area contributed by atoms with Gasteiger partial charge in [0.25, 0.3) is 0 Å². The van der Waals surface area contributed by atoms with Crippen LogP contribution in [-0.4, -0.2) is 0 Å². The van der Waals surface area contributed by atoms with Gasteiger partial charge in [-0.2, -0.15) is 57.9 Å². The third kappa shape index (κ3) is 4.35. The fourth-order valence-corrected chi connectivity index (χ4v) is 3.03. The summed E-state index contributed by atoms with van der Waals surface area (Å²) in [4.78, 5) is 0. The zero-order valence-corrected chi connectivity index (χ0v) is 16.3. The van der Waals surface area contributed by atoms with Crippen LogP contribution in [0.25, 0.3) is 11.1 Å². The Morgan fingerprint density at radius 1 is 0.588 bits per heavy atom. The molecule has 0 fully saturated rings. The van der Waals surface area contributed by atoms with E-state index in [1.165, 1.54) is 24.3 Å². The van der Waals surface area contributed by atoms with Gasteiger partial charge < -0.3 is 0 Å². The van der Waals surface area contributed by atoms with Gasteiger partial charge in [0.15, 0.2) is 0 Å². The third-order valence-electron chi connectivity index (χ3n) is 4.45. The first kappa shape index (κ1) is 25.0. The molecule has 164 valence electrons. The highest BCUT2D eigenvalue weighted by Gasteiger charge is 2.42. The molecular weight excluding hydrogens is 462 g/mol. The van der Waals surface area contributed by atoms with Crippen LogP contribution in [0.2, 0.25) is 0 Å². The van der Waals surface area contributed by atoms with Crippen LogP contribution in [0.5, 0.6) is 0 Å². The van der Waals surface area contributed by atoms with Gasteiger partial charge in [0.1, 0.15) is 42.0 Å². The van der Waals surface area contributed by atoms with E-state index in [1.54, 1.807) is 6.07 Å². The molecule has 0 saturated carbocycles. The first-order valence-electron chi connectivity index (χ1n) is 8.54. The van der Waals surface area contributed by atoms with Crippen LogP contribution in [0.1, 0.15) is 33.4 Å². The Balaban J connectivity index is 3.25. The van der Waals surface area contributed by atoms with Crippen molar-refractivity contribution < 1.29 is 26.3 Å². The average molecular weight is 466 g/mol. The molecule has 34 heavy (non-hydrogen) atoms. The van der Waals surface area contributed by atoms with Gasteiger partial charge in [0, 0.05) is 10.4 Å². The Morgan fingerprint density at radius 2 is 1.00 bits per heavy atom. The van der Waals surface area contributed by atoms with E-state index >= 15 is 0 Å². The molecule has 0 saturated heterocycles.